The van der Waals surface area contributed by atoms with Crippen LogP contribution in [0.25, 0.3) is 0 Å². The molecule has 0 amide bonds. The lowest BCUT2D eigenvalue weighted by Crippen LogP contribution is -2.31. The van der Waals surface area contributed by atoms with E-state index in [-0.39, 0.29) is 0 Å². The first-order chi connectivity index (χ1) is 8.83. The second-order valence-electron chi connectivity index (χ2n) is 5.07. The minimum absolute atomic E-state index is 0.392. The van der Waals surface area contributed by atoms with Crippen molar-refractivity contribution in [3.05, 3.63) is 0 Å². The molecule has 0 aromatic carbocycles. The van der Waals surface area contributed by atoms with E-state index in [4.69, 9.17) is 9.47 Å². The van der Waals surface area contributed by atoms with Crippen molar-refractivity contribution >= 4 is 0 Å². The molecule has 1 rings (SSSR count). The predicted octanol–water partition coefficient (Wildman–Crippen LogP) is 1.57. The standard InChI is InChI=1S/C14H29NO3/c1-2-17-9-10-18-12-14(16)11-15-8-7-13-5-3-4-6-13/h13-16H,2-12H2,1H3. The Bertz CT molecular complexity index is 184. The molecule has 2 N–H and O–H groups in total. The van der Waals surface area contributed by atoms with Crippen molar-refractivity contribution in [2.45, 2.75) is 45.1 Å². The van der Waals surface area contributed by atoms with E-state index < -0.39 is 6.10 Å². The minimum atomic E-state index is -0.407. The van der Waals surface area contributed by atoms with E-state index in [1.54, 1.807) is 0 Å². The van der Waals surface area contributed by atoms with Gasteiger partial charge < -0.3 is 19.9 Å². The molecule has 1 aliphatic rings. The molecule has 1 unspecified atom stereocenters. The summed E-state index contributed by atoms with van der Waals surface area (Å²) in [6.45, 7) is 5.88. The summed E-state index contributed by atoms with van der Waals surface area (Å²) < 4.78 is 10.5. The van der Waals surface area contributed by atoms with Gasteiger partial charge in [-0.15, -0.1) is 0 Å². The zero-order valence-corrected chi connectivity index (χ0v) is 11.7. The van der Waals surface area contributed by atoms with Crippen molar-refractivity contribution in [1.82, 2.24) is 5.32 Å². The van der Waals surface area contributed by atoms with E-state index in [2.05, 4.69) is 5.32 Å². The van der Waals surface area contributed by atoms with Gasteiger partial charge in [0.2, 0.25) is 0 Å². The molecule has 0 aromatic heterocycles. The lowest BCUT2D eigenvalue weighted by molar-refractivity contribution is 0.00649. The quantitative estimate of drug-likeness (QED) is 0.553. The van der Waals surface area contributed by atoms with E-state index in [1.165, 1.54) is 32.1 Å². The summed E-state index contributed by atoms with van der Waals surface area (Å²) in [5, 5.41) is 13.0. The van der Waals surface area contributed by atoms with Gasteiger partial charge in [0.05, 0.1) is 25.9 Å². The van der Waals surface area contributed by atoms with E-state index >= 15 is 0 Å². The van der Waals surface area contributed by atoms with Gasteiger partial charge in [-0.2, -0.15) is 0 Å². The Labute approximate surface area is 111 Å². The molecule has 4 heteroatoms. The summed E-state index contributed by atoms with van der Waals surface area (Å²) in [7, 11) is 0. The number of rotatable bonds is 11. The molecular weight excluding hydrogens is 230 g/mol. The van der Waals surface area contributed by atoms with Gasteiger partial charge in [0.1, 0.15) is 0 Å². The largest absolute Gasteiger partial charge is 0.389 e. The van der Waals surface area contributed by atoms with Crippen LogP contribution in [0.15, 0.2) is 0 Å². The maximum absolute atomic E-state index is 9.67. The second-order valence-corrected chi connectivity index (χ2v) is 5.07. The number of hydrogen-bond acceptors (Lipinski definition) is 4. The summed E-state index contributed by atoms with van der Waals surface area (Å²) in [6, 6.07) is 0. The number of ether oxygens (including phenoxy) is 2. The average Bonchev–Trinajstić information content (AvgIpc) is 2.87. The molecule has 18 heavy (non-hydrogen) atoms. The maximum atomic E-state index is 9.67. The lowest BCUT2D eigenvalue weighted by Gasteiger charge is -2.14. The zero-order valence-electron chi connectivity index (χ0n) is 11.7. The van der Waals surface area contributed by atoms with Crippen molar-refractivity contribution < 1.29 is 14.6 Å². The van der Waals surface area contributed by atoms with Crippen molar-refractivity contribution in [2.75, 3.05) is 39.5 Å². The van der Waals surface area contributed by atoms with Gasteiger partial charge in [-0.25, -0.2) is 0 Å². The van der Waals surface area contributed by atoms with E-state index in [0.29, 0.717) is 33.0 Å². The van der Waals surface area contributed by atoms with Gasteiger partial charge in [-0.1, -0.05) is 25.7 Å². The molecule has 0 bridgehead atoms. The molecule has 0 aliphatic heterocycles. The van der Waals surface area contributed by atoms with Gasteiger partial charge in [0.15, 0.2) is 0 Å². The van der Waals surface area contributed by atoms with Crippen LogP contribution in [0, 0.1) is 5.92 Å². The summed E-state index contributed by atoms with van der Waals surface area (Å²) >= 11 is 0. The Morgan fingerprint density at radius 1 is 1.22 bits per heavy atom. The van der Waals surface area contributed by atoms with Gasteiger partial charge in [-0.3, -0.25) is 0 Å². The first kappa shape index (κ1) is 15.9. The van der Waals surface area contributed by atoms with Crippen LogP contribution >= 0.6 is 0 Å². The molecule has 0 saturated heterocycles. The first-order valence-corrected chi connectivity index (χ1v) is 7.37. The van der Waals surface area contributed by atoms with Gasteiger partial charge >= 0.3 is 0 Å². The third-order valence-corrected chi connectivity index (χ3v) is 3.47. The molecule has 1 aliphatic carbocycles. The summed E-state index contributed by atoms with van der Waals surface area (Å²) in [6.07, 6.45) is 6.44. The molecular formula is C14H29NO3. The molecule has 1 saturated carbocycles. The Morgan fingerprint density at radius 2 is 1.94 bits per heavy atom. The number of nitrogens with one attached hydrogen (secondary N) is 1. The lowest BCUT2D eigenvalue weighted by atomic mass is 10.0. The summed E-state index contributed by atoms with van der Waals surface area (Å²) in [4.78, 5) is 0. The highest BCUT2D eigenvalue weighted by molar-refractivity contribution is 4.68. The third-order valence-electron chi connectivity index (χ3n) is 3.47. The summed E-state index contributed by atoms with van der Waals surface area (Å²) in [5.41, 5.74) is 0. The van der Waals surface area contributed by atoms with Crippen LogP contribution < -0.4 is 5.32 Å². The van der Waals surface area contributed by atoms with Crippen molar-refractivity contribution in [2.24, 2.45) is 5.92 Å². The van der Waals surface area contributed by atoms with Crippen LogP contribution in [0.2, 0.25) is 0 Å². The number of aliphatic hydroxyl groups excluding tert-OH is 1. The van der Waals surface area contributed by atoms with Gasteiger partial charge in [0, 0.05) is 13.2 Å². The monoisotopic (exact) mass is 259 g/mol. The molecule has 0 spiro atoms. The van der Waals surface area contributed by atoms with Crippen LogP contribution in [0.3, 0.4) is 0 Å². The van der Waals surface area contributed by atoms with E-state index in [0.717, 1.165) is 12.5 Å². The number of aliphatic hydroxyl groups is 1. The van der Waals surface area contributed by atoms with Crippen LogP contribution in [-0.4, -0.2) is 50.7 Å². The van der Waals surface area contributed by atoms with Gasteiger partial charge in [0.25, 0.3) is 0 Å². The summed E-state index contributed by atoms with van der Waals surface area (Å²) in [5.74, 6) is 0.914. The average molecular weight is 259 g/mol. The smallest absolute Gasteiger partial charge is 0.0897 e. The minimum Gasteiger partial charge on any atom is -0.389 e. The fraction of sp³-hybridized carbons (Fsp3) is 1.00. The zero-order chi connectivity index (χ0) is 13.1. The highest BCUT2D eigenvalue weighted by Gasteiger charge is 2.14. The second kappa shape index (κ2) is 10.7. The first-order valence-electron chi connectivity index (χ1n) is 7.37. The third kappa shape index (κ3) is 8.03. The predicted molar refractivity (Wildman–Crippen MR) is 72.8 cm³/mol. The van der Waals surface area contributed by atoms with Crippen molar-refractivity contribution in [3.8, 4) is 0 Å². The Morgan fingerprint density at radius 3 is 2.67 bits per heavy atom. The normalized spacial score (nSPS) is 18.3. The van der Waals surface area contributed by atoms with Crippen molar-refractivity contribution in [1.29, 1.82) is 0 Å². The molecule has 0 radical (unpaired) electrons. The van der Waals surface area contributed by atoms with Crippen LogP contribution in [0.4, 0.5) is 0 Å². The van der Waals surface area contributed by atoms with Crippen LogP contribution in [-0.2, 0) is 9.47 Å². The van der Waals surface area contributed by atoms with Crippen molar-refractivity contribution in [3.63, 3.8) is 0 Å². The van der Waals surface area contributed by atoms with E-state index in [1.807, 2.05) is 6.92 Å². The molecule has 1 atom stereocenters. The molecule has 0 heterocycles. The topological polar surface area (TPSA) is 50.7 Å². The van der Waals surface area contributed by atoms with E-state index in [9.17, 15) is 5.11 Å². The Kier molecular flexibility index (Phi) is 9.48. The highest BCUT2D eigenvalue weighted by atomic mass is 16.5. The van der Waals surface area contributed by atoms with Crippen LogP contribution in [0.1, 0.15) is 39.0 Å². The Hall–Kier alpha value is -0.160. The SMILES string of the molecule is CCOCCOCC(O)CNCCC1CCCC1. The Balaban J connectivity index is 1.82. The fourth-order valence-electron chi connectivity index (χ4n) is 2.41. The maximum Gasteiger partial charge on any atom is 0.0897 e. The molecule has 0 aromatic rings. The fourth-order valence-corrected chi connectivity index (χ4v) is 2.41. The molecule has 108 valence electrons. The molecule has 4 nitrogen and oxygen atoms in total. The molecule has 1 fully saturated rings. The van der Waals surface area contributed by atoms with Crippen LogP contribution in [0.5, 0.6) is 0 Å². The van der Waals surface area contributed by atoms with Gasteiger partial charge in [-0.05, 0) is 25.8 Å². The highest BCUT2D eigenvalue weighted by Crippen LogP contribution is 2.26. The number of hydrogen-bond donors (Lipinski definition) is 2.